The van der Waals surface area contributed by atoms with Crippen LogP contribution in [0.15, 0.2) is 24.7 Å². The van der Waals surface area contributed by atoms with Crippen LogP contribution in [0.2, 0.25) is 0 Å². The van der Waals surface area contributed by atoms with Crippen LogP contribution in [0.5, 0.6) is 0 Å². The molecule has 0 radical (unpaired) electrons. The summed E-state index contributed by atoms with van der Waals surface area (Å²) in [5, 5.41) is 7.84. The second kappa shape index (κ2) is 6.35. The van der Waals surface area contributed by atoms with E-state index in [0.29, 0.717) is 0 Å². The van der Waals surface area contributed by atoms with Gasteiger partial charge in [0.1, 0.15) is 5.82 Å². The lowest BCUT2D eigenvalue weighted by atomic mass is 10.2. The molecule has 0 spiro atoms. The van der Waals surface area contributed by atoms with Crippen molar-refractivity contribution in [1.82, 2.24) is 25.1 Å². The van der Waals surface area contributed by atoms with Gasteiger partial charge >= 0.3 is 0 Å². The Bertz CT molecular complexity index is 446. The molecule has 2 heterocycles. The minimum absolute atomic E-state index is 0.268. The second-order valence-electron chi connectivity index (χ2n) is 4.36. The Morgan fingerprint density at radius 3 is 2.94 bits per heavy atom. The quantitative estimate of drug-likeness (QED) is 0.789. The van der Waals surface area contributed by atoms with Crippen molar-refractivity contribution in [3.05, 3.63) is 36.2 Å². The highest BCUT2D eigenvalue weighted by Crippen LogP contribution is 2.12. The molecule has 0 aromatic carbocycles. The maximum absolute atomic E-state index is 4.33. The number of rotatable bonds is 7. The lowest BCUT2D eigenvalue weighted by Crippen LogP contribution is -2.23. The van der Waals surface area contributed by atoms with Gasteiger partial charge in [-0.3, -0.25) is 4.68 Å². The molecule has 98 valence electrons. The van der Waals surface area contributed by atoms with Crippen LogP contribution in [0, 0.1) is 0 Å². The van der Waals surface area contributed by atoms with E-state index in [4.69, 9.17) is 0 Å². The fraction of sp³-hybridized carbons (Fsp3) is 0.538. The first-order chi connectivity index (χ1) is 8.85. The monoisotopic (exact) mass is 247 g/mol. The van der Waals surface area contributed by atoms with E-state index in [-0.39, 0.29) is 6.04 Å². The van der Waals surface area contributed by atoms with Crippen molar-refractivity contribution in [2.75, 3.05) is 0 Å². The zero-order valence-electron chi connectivity index (χ0n) is 11.1. The van der Waals surface area contributed by atoms with E-state index in [2.05, 4.69) is 45.0 Å². The number of aromatic amines is 1. The summed E-state index contributed by atoms with van der Waals surface area (Å²) >= 11 is 0. The summed E-state index contributed by atoms with van der Waals surface area (Å²) in [4.78, 5) is 7.47. The Balaban J connectivity index is 1.95. The highest BCUT2D eigenvalue weighted by Gasteiger charge is 2.11. The maximum Gasteiger partial charge on any atom is 0.123 e. The minimum atomic E-state index is 0.268. The normalized spacial score (nSPS) is 12.8. The molecule has 2 rings (SSSR count). The molecule has 0 aliphatic heterocycles. The highest BCUT2D eigenvalue weighted by molar-refractivity contribution is 5.02. The lowest BCUT2D eigenvalue weighted by molar-refractivity contribution is 0.472. The van der Waals surface area contributed by atoms with E-state index >= 15 is 0 Å². The van der Waals surface area contributed by atoms with Gasteiger partial charge in [0.2, 0.25) is 0 Å². The van der Waals surface area contributed by atoms with Gasteiger partial charge in [0.15, 0.2) is 0 Å². The van der Waals surface area contributed by atoms with Crippen LogP contribution in [0.25, 0.3) is 0 Å². The molecule has 0 fully saturated rings. The molecule has 2 aromatic rings. The van der Waals surface area contributed by atoms with Gasteiger partial charge in [0, 0.05) is 31.7 Å². The van der Waals surface area contributed by atoms with Crippen LogP contribution in [0.3, 0.4) is 0 Å². The molecule has 2 aromatic heterocycles. The Morgan fingerprint density at radius 2 is 2.28 bits per heavy atom. The molecule has 0 aliphatic carbocycles. The van der Waals surface area contributed by atoms with Gasteiger partial charge < -0.3 is 10.3 Å². The third-order valence-electron chi connectivity index (χ3n) is 3.03. The van der Waals surface area contributed by atoms with Crippen LogP contribution < -0.4 is 5.32 Å². The first kappa shape index (κ1) is 12.8. The molecule has 0 saturated heterocycles. The number of hydrogen-bond donors (Lipinski definition) is 2. The molecule has 2 N–H and O–H groups in total. The molecule has 18 heavy (non-hydrogen) atoms. The number of nitrogens with one attached hydrogen (secondary N) is 2. The van der Waals surface area contributed by atoms with Gasteiger partial charge in [-0.25, -0.2) is 4.98 Å². The average molecular weight is 247 g/mol. The van der Waals surface area contributed by atoms with Crippen molar-refractivity contribution in [1.29, 1.82) is 0 Å². The summed E-state index contributed by atoms with van der Waals surface area (Å²) in [6.07, 6.45) is 7.63. The third kappa shape index (κ3) is 2.98. The molecule has 0 amide bonds. The van der Waals surface area contributed by atoms with Gasteiger partial charge in [-0.15, -0.1) is 0 Å². The van der Waals surface area contributed by atoms with E-state index in [9.17, 15) is 0 Å². The van der Waals surface area contributed by atoms with Crippen molar-refractivity contribution in [2.24, 2.45) is 0 Å². The zero-order valence-corrected chi connectivity index (χ0v) is 11.1. The number of hydrogen-bond acceptors (Lipinski definition) is 3. The minimum Gasteiger partial charge on any atom is -0.347 e. The van der Waals surface area contributed by atoms with E-state index in [1.807, 2.05) is 12.4 Å². The van der Waals surface area contributed by atoms with E-state index in [0.717, 1.165) is 31.8 Å². The largest absolute Gasteiger partial charge is 0.347 e. The summed E-state index contributed by atoms with van der Waals surface area (Å²) in [7, 11) is 0. The van der Waals surface area contributed by atoms with Crippen molar-refractivity contribution >= 4 is 0 Å². The Morgan fingerprint density at radius 1 is 1.39 bits per heavy atom. The number of aryl methyl sites for hydroxylation is 1. The summed E-state index contributed by atoms with van der Waals surface area (Å²) in [5.41, 5.74) is 1.22. The smallest absolute Gasteiger partial charge is 0.123 e. The first-order valence-electron chi connectivity index (χ1n) is 6.58. The van der Waals surface area contributed by atoms with Crippen LogP contribution in [0.1, 0.15) is 44.2 Å². The maximum atomic E-state index is 4.33. The van der Waals surface area contributed by atoms with Crippen LogP contribution in [-0.4, -0.2) is 19.7 Å². The third-order valence-corrected chi connectivity index (χ3v) is 3.03. The van der Waals surface area contributed by atoms with E-state index in [1.54, 1.807) is 6.20 Å². The van der Waals surface area contributed by atoms with Crippen LogP contribution in [0.4, 0.5) is 0 Å². The van der Waals surface area contributed by atoms with Crippen LogP contribution in [-0.2, 0) is 13.1 Å². The van der Waals surface area contributed by atoms with Gasteiger partial charge in [-0.05, 0) is 18.9 Å². The Kier molecular flexibility index (Phi) is 4.52. The fourth-order valence-electron chi connectivity index (χ4n) is 2.05. The molecule has 1 unspecified atom stereocenters. The topological polar surface area (TPSA) is 58.5 Å². The Hall–Kier alpha value is -1.62. The number of H-pyrrole nitrogens is 1. The zero-order chi connectivity index (χ0) is 12.8. The standard InChI is InChI=1S/C13H21N5/c1-3-9-18-11(5-6-17-18)10-16-12(4-2)13-14-7-8-15-13/h5-8,12,16H,3-4,9-10H2,1-2H3,(H,14,15). The summed E-state index contributed by atoms with van der Waals surface area (Å²) in [6, 6.07) is 2.34. The predicted molar refractivity (Wildman–Crippen MR) is 71.0 cm³/mol. The molecule has 5 heteroatoms. The summed E-state index contributed by atoms with van der Waals surface area (Å²) in [5.74, 6) is 0.999. The van der Waals surface area contributed by atoms with Gasteiger partial charge in [-0.1, -0.05) is 13.8 Å². The van der Waals surface area contributed by atoms with Crippen molar-refractivity contribution in [2.45, 2.75) is 45.8 Å². The molecule has 0 aliphatic rings. The van der Waals surface area contributed by atoms with Crippen molar-refractivity contribution in [3.8, 4) is 0 Å². The average Bonchev–Trinajstić information content (AvgIpc) is 3.03. The predicted octanol–water partition coefficient (Wildman–Crippen LogP) is 2.26. The first-order valence-corrected chi connectivity index (χ1v) is 6.58. The molecule has 5 nitrogen and oxygen atoms in total. The molecule has 1 atom stereocenters. The van der Waals surface area contributed by atoms with Crippen LogP contribution >= 0.6 is 0 Å². The summed E-state index contributed by atoms with van der Waals surface area (Å²) in [6.45, 7) is 6.11. The van der Waals surface area contributed by atoms with E-state index in [1.165, 1.54) is 5.69 Å². The second-order valence-corrected chi connectivity index (χ2v) is 4.36. The van der Waals surface area contributed by atoms with Gasteiger partial charge in [0.05, 0.1) is 11.7 Å². The highest BCUT2D eigenvalue weighted by atomic mass is 15.3. The Labute approximate surface area is 108 Å². The van der Waals surface area contributed by atoms with E-state index < -0.39 is 0 Å². The van der Waals surface area contributed by atoms with Crippen molar-refractivity contribution in [3.63, 3.8) is 0 Å². The summed E-state index contributed by atoms with van der Waals surface area (Å²) < 4.78 is 2.06. The van der Waals surface area contributed by atoms with Gasteiger partial charge in [0.25, 0.3) is 0 Å². The molecule has 0 saturated carbocycles. The molecule has 0 bridgehead atoms. The number of imidazole rings is 1. The molecular formula is C13H21N5. The van der Waals surface area contributed by atoms with Gasteiger partial charge in [-0.2, -0.15) is 5.10 Å². The number of aromatic nitrogens is 4. The fourth-order valence-corrected chi connectivity index (χ4v) is 2.05. The lowest BCUT2D eigenvalue weighted by Gasteiger charge is -2.15. The molecular weight excluding hydrogens is 226 g/mol. The number of nitrogens with zero attached hydrogens (tertiary/aromatic N) is 3. The van der Waals surface area contributed by atoms with Crippen molar-refractivity contribution < 1.29 is 0 Å². The SMILES string of the molecule is CCCn1nccc1CNC(CC)c1ncc[nH]1.